The number of nitrogens with zero attached hydrogens (tertiary/aromatic N) is 1. The summed E-state index contributed by atoms with van der Waals surface area (Å²) in [7, 11) is 3.13. The van der Waals surface area contributed by atoms with E-state index >= 15 is 0 Å². The van der Waals surface area contributed by atoms with Crippen LogP contribution in [0.2, 0.25) is 5.02 Å². The molecule has 1 aromatic heterocycles. The van der Waals surface area contributed by atoms with Crippen LogP contribution in [0.4, 0.5) is 0 Å². The van der Waals surface area contributed by atoms with Crippen LogP contribution in [0.25, 0.3) is 11.0 Å². The first kappa shape index (κ1) is 22.6. The molecular formula is C24H24ClNO5S. The van der Waals surface area contributed by atoms with Crippen molar-refractivity contribution in [1.29, 1.82) is 0 Å². The molecule has 2 heterocycles. The Labute approximate surface area is 195 Å². The molecule has 6 nitrogen and oxygen atoms in total. The zero-order valence-corrected chi connectivity index (χ0v) is 19.7. The number of methoxy groups -OCH3 is 2. The zero-order valence-electron chi connectivity index (χ0n) is 18.1. The molecule has 0 saturated carbocycles. The van der Waals surface area contributed by atoms with E-state index in [1.54, 1.807) is 19.2 Å². The van der Waals surface area contributed by atoms with Crippen molar-refractivity contribution in [3.05, 3.63) is 68.5 Å². The maximum absolute atomic E-state index is 13.3. The molecule has 1 fully saturated rings. The van der Waals surface area contributed by atoms with Crippen molar-refractivity contribution in [1.82, 2.24) is 4.90 Å². The number of ether oxygens (including phenoxy) is 2. The van der Waals surface area contributed by atoms with E-state index in [1.165, 1.54) is 7.11 Å². The van der Waals surface area contributed by atoms with E-state index in [-0.39, 0.29) is 18.4 Å². The van der Waals surface area contributed by atoms with Gasteiger partial charge in [-0.05, 0) is 36.2 Å². The van der Waals surface area contributed by atoms with E-state index in [2.05, 4.69) is 0 Å². The quantitative estimate of drug-likeness (QED) is 0.503. The molecule has 0 bridgehead atoms. The fraction of sp³-hybridized carbons (Fsp3) is 0.333. The number of carbonyl (C=O) groups is 1. The van der Waals surface area contributed by atoms with Crippen LogP contribution in [-0.4, -0.2) is 43.1 Å². The summed E-state index contributed by atoms with van der Waals surface area (Å²) in [5.74, 6) is 2.77. The van der Waals surface area contributed by atoms with Crippen molar-refractivity contribution in [3.8, 4) is 11.5 Å². The first-order valence-electron chi connectivity index (χ1n) is 10.2. The van der Waals surface area contributed by atoms with E-state index in [1.807, 2.05) is 47.9 Å². The van der Waals surface area contributed by atoms with Crippen LogP contribution in [0.3, 0.4) is 0 Å². The first-order valence-corrected chi connectivity index (χ1v) is 11.8. The molecule has 32 heavy (non-hydrogen) atoms. The summed E-state index contributed by atoms with van der Waals surface area (Å²) in [5, 5.41) is 1.11. The van der Waals surface area contributed by atoms with Crippen LogP contribution in [0, 0.1) is 6.92 Å². The third-order valence-corrected chi connectivity index (χ3v) is 7.16. The number of hydrogen-bond donors (Lipinski definition) is 0. The molecule has 1 aliphatic heterocycles. The van der Waals surface area contributed by atoms with E-state index in [0.29, 0.717) is 39.4 Å². The smallest absolute Gasteiger partial charge is 0.340 e. The van der Waals surface area contributed by atoms with Crippen LogP contribution >= 0.6 is 23.4 Å². The lowest BCUT2D eigenvalue weighted by atomic mass is 10.0. The molecule has 0 aliphatic carbocycles. The van der Waals surface area contributed by atoms with Gasteiger partial charge in [-0.25, -0.2) is 4.79 Å². The Bertz CT molecular complexity index is 1210. The van der Waals surface area contributed by atoms with Gasteiger partial charge in [0.05, 0.1) is 37.3 Å². The minimum atomic E-state index is -0.514. The summed E-state index contributed by atoms with van der Waals surface area (Å²) in [5.41, 5.74) is 1.97. The molecular weight excluding hydrogens is 450 g/mol. The molecule has 1 amide bonds. The van der Waals surface area contributed by atoms with Crippen molar-refractivity contribution in [3.63, 3.8) is 0 Å². The van der Waals surface area contributed by atoms with Gasteiger partial charge in [0.15, 0.2) is 0 Å². The molecule has 1 atom stereocenters. The number of thioether (sulfide) groups is 1. The largest absolute Gasteiger partial charge is 0.497 e. The molecule has 8 heteroatoms. The highest BCUT2D eigenvalue weighted by Gasteiger charge is 2.29. The Morgan fingerprint density at radius 2 is 1.97 bits per heavy atom. The maximum atomic E-state index is 13.3. The molecule has 0 unspecified atom stereocenters. The predicted molar refractivity (Wildman–Crippen MR) is 127 cm³/mol. The van der Waals surface area contributed by atoms with E-state index in [4.69, 9.17) is 25.5 Å². The van der Waals surface area contributed by atoms with E-state index in [0.717, 1.165) is 22.8 Å². The number of halogens is 1. The Kier molecular flexibility index (Phi) is 6.67. The molecule has 4 rings (SSSR count). The second-order valence-corrected chi connectivity index (χ2v) is 9.16. The van der Waals surface area contributed by atoms with Crippen molar-refractivity contribution in [2.24, 2.45) is 0 Å². The summed E-state index contributed by atoms with van der Waals surface area (Å²) < 4.78 is 16.0. The zero-order chi connectivity index (χ0) is 22.8. The number of hydrogen-bond acceptors (Lipinski definition) is 6. The Morgan fingerprint density at radius 3 is 2.66 bits per heavy atom. The molecule has 0 N–H and O–H groups in total. The van der Waals surface area contributed by atoms with Crippen LogP contribution in [0.1, 0.15) is 22.7 Å². The molecule has 1 aliphatic rings. The highest BCUT2D eigenvalue weighted by Crippen LogP contribution is 2.33. The van der Waals surface area contributed by atoms with Crippen molar-refractivity contribution in [2.45, 2.75) is 19.4 Å². The van der Waals surface area contributed by atoms with Gasteiger partial charge in [0, 0.05) is 29.5 Å². The predicted octanol–water partition coefficient (Wildman–Crippen LogP) is 4.63. The van der Waals surface area contributed by atoms with Gasteiger partial charge in [-0.3, -0.25) is 4.79 Å². The third kappa shape index (κ3) is 4.32. The van der Waals surface area contributed by atoms with Crippen LogP contribution < -0.4 is 15.1 Å². The molecule has 3 aromatic rings. The highest BCUT2D eigenvalue weighted by molar-refractivity contribution is 7.99. The fourth-order valence-electron chi connectivity index (χ4n) is 4.01. The van der Waals surface area contributed by atoms with Crippen LogP contribution in [0.5, 0.6) is 11.5 Å². The summed E-state index contributed by atoms with van der Waals surface area (Å²) in [6.07, 6.45) is -0.0227. The Hall–Kier alpha value is -2.64. The van der Waals surface area contributed by atoms with Crippen LogP contribution in [-0.2, 0) is 11.2 Å². The third-order valence-electron chi connectivity index (χ3n) is 5.84. The maximum Gasteiger partial charge on any atom is 0.340 e. The number of carbonyl (C=O) groups excluding carboxylic acids is 1. The number of fused-ring (bicyclic) bond motifs is 1. The second-order valence-electron chi connectivity index (χ2n) is 7.60. The number of aryl methyl sites for hydroxylation is 1. The van der Waals surface area contributed by atoms with Gasteiger partial charge in [0.2, 0.25) is 5.91 Å². The van der Waals surface area contributed by atoms with Gasteiger partial charge in [-0.1, -0.05) is 23.7 Å². The van der Waals surface area contributed by atoms with Gasteiger partial charge in [0.25, 0.3) is 0 Å². The lowest BCUT2D eigenvalue weighted by molar-refractivity contribution is -0.132. The van der Waals surface area contributed by atoms with Gasteiger partial charge >= 0.3 is 5.63 Å². The number of benzene rings is 2. The van der Waals surface area contributed by atoms with E-state index in [9.17, 15) is 9.59 Å². The van der Waals surface area contributed by atoms with Crippen molar-refractivity contribution >= 4 is 40.2 Å². The monoisotopic (exact) mass is 473 g/mol. The van der Waals surface area contributed by atoms with E-state index < -0.39 is 5.63 Å². The van der Waals surface area contributed by atoms with Crippen molar-refractivity contribution < 1.29 is 18.7 Å². The normalized spacial score (nSPS) is 16.2. The van der Waals surface area contributed by atoms with Crippen molar-refractivity contribution in [2.75, 3.05) is 32.3 Å². The highest BCUT2D eigenvalue weighted by atomic mass is 35.5. The number of rotatable bonds is 5. The molecule has 168 valence electrons. The average Bonchev–Trinajstić information content (AvgIpc) is 2.82. The van der Waals surface area contributed by atoms with Gasteiger partial charge in [0.1, 0.15) is 17.1 Å². The first-order chi connectivity index (χ1) is 15.4. The summed E-state index contributed by atoms with van der Waals surface area (Å²) >= 11 is 8.09. The average molecular weight is 474 g/mol. The Balaban J connectivity index is 1.65. The molecule has 0 spiro atoms. The van der Waals surface area contributed by atoms with Gasteiger partial charge < -0.3 is 18.8 Å². The standard InChI is InChI=1S/C24H24ClNO5S/c1-14-17-10-19(25)22(30-3)12-21(17)31-24(28)18(14)11-23(27)26-8-9-32-13-20(26)15-4-6-16(29-2)7-5-15/h4-7,10,12,20H,8-9,11,13H2,1-3H3/t20-/m0/s1. The summed E-state index contributed by atoms with van der Waals surface area (Å²) in [6.45, 7) is 2.44. The molecule has 0 radical (unpaired) electrons. The molecule has 1 saturated heterocycles. The number of amides is 1. The SMILES string of the molecule is COc1ccc([C@@H]2CSCCN2C(=O)Cc2c(C)c3cc(Cl)c(OC)cc3oc2=O)cc1. The van der Waals surface area contributed by atoms with Gasteiger partial charge in [-0.2, -0.15) is 11.8 Å². The lowest BCUT2D eigenvalue weighted by Crippen LogP contribution is -2.42. The summed E-state index contributed by atoms with van der Waals surface area (Å²) in [4.78, 5) is 28.0. The summed E-state index contributed by atoms with van der Waals surface area (Å²) in [6, 6.07) is 11.0. The second kappa shape index (κ2) is 9.46. The van der Waals surface area contributed by atoms with Crippen LogP contribution in [0.15, 0.2) is 45.6 Å². The van der Waals surface area contributed by atoms with Gasteiger partial charge in [-0.15, -0.1) is 0 Å². The molecule has 2 aromatic carbocycles. The minimum absolute atomic E-state index is 0.0227. The minimum Gasteiger partial charge on any atom is -0.497 e. The lowest BCUT2D eigenvalue weighted by Gasteiger charge is -2.36. The topological polar surface area (TPSA) is 69.0 Å². The Morgan fingerprint density at radius 1 is 1.22 bits per heavy atom. The fourth-order valence-corrected chi connectivity index (χ4v) is 5.34.